The lowest BCUT2D eigenvalue weighted by Crippen LogP contribution is -2.41. The van der Waals surface area contributed by atoms with Crippen LogP contribution in [0.1, 0.15) is 30.1 Å². The van der Waals surface area contributed by atoms with Crippen molar-refractivity contribution in [3.05, 3.63) is 29.3 Å². The molecule has 1 aromatic rings. The summed E-state index contributed by atoms with van der Waals surface area (Å²) >= 11 is 0. The van der Waals surface area contributed by atoms with Crippen molar-refractivity contribution in [2.24, 2.45) is 0 Å². The lowest BCUT2D eigenvalue weighted by Gasteiger charge is -2.20. The molecular weight excluding hydrogens is 332 g/mol. The van der Waals surface area contributed by atoms with E-state index >= 15 is 0 Å². The zero-order valence-electron chi connectivity index (χ0n) is 12.6. The minimum atomic E-state index is -4.29. The highest BCUT2D eigenvalue weighted by atomic mass is 32.2. The third-order valence-corrected chi connectivity index (χ3v) is 5.15. The molecule has 2 atom stereocenters. The first-order chi connectivity index (χ1) is 10.8. The van der Waals surface area contributed by atoms with E-state index in [9.17, 15) is 22.0 Å². The lowest BCUT2D eigenvalue weighted by molar-refractivity contribution is 0.0595. The predicted octanol–water partition coefficient (Wildman–Crippen LogP) is 1.60. The summed E-state index contributed by atoms with van der Waals surface area (Å²) in [6.45, 7) is 2.13. The molecule has 1 aliphatic rings. The summed E-state index contributed by atoms with van der Waals surface area (Å²) in [7, 11) is -3.28. The quantitative estimate of drug-likeness (QED) is 0.817. The van der Waals surface area contributed by atoms with Crippen LogP contribution >= 0.6 is 0 Å². The molecule has 9 heteroatoms. The molecule has 1 aliphatic heterocycles. The van der Waals surface area contributed by atoms with Crippen molar-refractivity contribution in [1.82, 2.24) is 4.72 Å². The van der Waals surface area contributed by atoms with Crippen LogP contribution in [0.3, 0.4) is 0 Å². The third-order valence-electron chi connectivity index (χ3n) is 3.58. The van der Waals surface area contributed by atoms with Crippen LogP contribution in [0.15, 0.2) is 17.0 Å². The second-order valence-electron chi connectivity index (χ2n) is 5.22. The van der Waals surface area contributed by atoms with Gasteiger partial charge in [-0.05, 0) is 25.8 Å². The van der Waals surface area contributed by atoms with E-state index in [-0.39, 0.29) is 6.10 Å². The Hall–Kier alpha value is -1.58. The maximum atomic E-state index is 13.9. The first-order valence-electron chi connectivity index (χ1n) is 6.97. The van der Waals surface area contributed by atoms with Gasteiger partial charge >= 0.3 is 5.97 Å². The minimum Gasteiger partial charge on any atom is -0.465 e. The van der Waals surface area contributed by atoms with Crippen LogP contribution in [0.4, 0.5) is 8.78 Å². The molecule has 1 heterocycles. The molecule has 128 valence electrons. The van der Waals surface area contributed by atoms with Crippen molar-refractivity contribution >= 4 is 16.0 Å². The Morgan fingerprint density at radius 1 is 1.39 bits per heavy atom. The second-order valence-corrected chi connectivity index (χ2v) is 6.90. The van der Waals surface area contributed by atoms with Gasteiger partial charge in [0.25, 0.3) is 0 Å². The van der Waals surface area contributed by atoms with Crippen LogP contribution in [-0.2, 0) is 19.5 Å². The van der Waals surface area contributed by atoms with E-state index in [1.165, 1.54) is 0 Å². The summed E-state index contributed by atoms with van der Waals surface area (Å²) in [6.07, 6.45) is 1.19. The molecule has 2 rings (SSSR count). The third kappa shape index (κ3) is 3.85. The maximum Gasteiger partial charge on any atom is 0.340 e. The van der Waals surface area contributed by atoms with Crippen molar-refractivity contribution in [2.75, 3.05) is 13.7 Å². The van der Waals surface area contributed by atoms with Crippen LogP contribution in [0, 0.1) is 11.6 Å². The Balaban J connectivity index is 2.33. The van der Waals surface area contributed by atoms with Gasteiger partial charge in [0.05, 0.1) is 18.8 Å². The average molecular weight is 349 g/mol. The van der Waals surface area contributed by atoms with Crippen LogP contribution < -0.4 is 4.72 Å². The largest absolute Gasteiger partial charge is 0.465 e. The van der Waals surface area contributed by atoms with Crippen LogP contribution in [0.2, 0.25) is 0 Å². The van der Waals surface area contributed by atoms with E-state index in [1.54, 1.807) is 6.92 Å². The fourth-order valence-corrected chi connectivity index (χ4v) is 3.74. The van der Waals surface area contributed by atoms with Gasteiger partial charge in [-0.1, -0.05) is 0 Å². The number of nitrogens with one attached hydrogen (secondary N) is 1. The van der Waals surface area contributed by atoms with Gasteiger partial charge in [-0.2, -0.15) is 0 Å². The van der Waals surface area contributed by atoms with E-state index in [1.807, 2.05) is 0 Å². The summed E-state index contributed by atoms with van der Waals surface area (Å²) in [5, 5.41) is 0. The van der Waals surface area contributed by atoms with Gasteiger partial charge in [-0.3, -0.25) is 0 Å². The number of methoxy groups -OCH3 is 1. The number of ether oxygens (including phenoxy) is 2. The van der Waals surface area contributed by atoms with E-state index in [2.05, 4.69) is 9.46 Å². The SMILES string of the molecule is COC(=O)c1cc(S(=O)(=O)N[C@@H](C)[C@H]2CCCO2)c(F)cc1F. The molecule has 0 spiro atoms. The number of benzene rings is 1. The number of hydrogen-bond acceptors (Lipinski definition) is 5. The summed E-state index contributed by atoms with van der Waals surface area (Å²) in [5.74, 6) is -3.58. The molecular formula is C14H17F2NO5S. The van der Waals surface area contributed by atoms with Crippen LogP contribution in [0.25, 0.3) is 0 Å². The van der Waals surface area contributed by atoms with Crippen molar-refractivity contribution < 1.29 is 31.5 Å². The standard InChI is InChI=1S/C14H17F2NO5S/c1-8(12-4-3-5-22-12)17-23(19,20)13-6-9(14(18)21-2)10(15)7-11(13)16/h6-8,12,17H,3-5H2,1-2H3/t8-,12+/m0/s1. The van der Waals surface area contributed by atoms with E-state index < -0.39 is 44.1 Å². The van der Waals surface area contributed by atoms with Crippen molar-refractivity contribution in [3.63, 3.8) is 0 Å². The second kappa shape index (κ2) is 6.90. The summed E-state index contributed by atoms with van der Waals surface area (Å²) in [6, 6.07) is 0.382. The number of carbonyl (C=O) groups excluding carboxylic acids is 1. The molecule has 0 saturated carbocycles. The van der Waals surface area contributed by atoms with E-state index in [0.29, 0.717) is 25.2 Å². The zero-order valence-corrected chi connectivity index (χ0v) is 13.5. The molecule has 0 radical (unpaired) electrons. The maximum absolute atomic E-state index is 13.9. The summed E-state index contributed by atoms with van der Waals surface area (Å²) in [5.41, 5.74) is -0.654. The van der Waals surface area contributed by atoms with Gasteiger partial charge in [0.1, 0.15) is 16.5 Å². The van der Waals surface area contributed by atoms with Crippen molar-refractivity contribution in [2.45, 2.75) is 36.8 Å². The Morgan fingerprint density at radius 3 is 2.65 bits per heavy atom. The molecule has 1 N–H and O–H groups in total. The highest BCUT2D eigenvalue weighted by molar-refractivity contribution is 7.89. The van der Waals surface area contributed by atoms with Gasteiger partial charge in [0.15, 0.2) is 0 Å². The highest BCUT2D eigenvalue weighted by Gasteiger charge is 2.30. The Labute approximate surface area is 132 Å². The van der Waals surface area contributed by atoms with Crippen LogP contribution in [0.5, 0.6) is 0 Å². The van der Waals surface area contributed by atoms with Gasteiger partial charge in [0.2, 0.25) is 10.0 Å². The fraction of sp³-hybridized carbons (Fsp3) is 0.500. The molecule has 0 amide bonds. The van der Waals surface area contributed by atoms with Crippen molar-refractivity contribution in [3.8, 4) is 0 Å². The number of halogens is 2. The monoisotopic (exact) mass is 349 g/mol. The first-order valence-corrected chi connectivity index (χ1v) is 8.46. The van der Waals surface area contributed by atoms with Crippen molar-refractivity contribution in [1.29, 1.82) is 0 Å². The minimum absolute atomic E-state index is 0.312. The smallest absolute Gasteiger partial charge is 0.340 e. The normalized spacial score (nSPS) is 19.6. The number of hydrogen-bond donors (Lipinski definition) is 1. The first kappa shape index (κ1) is 17.8. The topological polar surface area (TPSA) is 81.7 Å². The summed E-state index contributed by atoms with van der Waals surface area (Å²) in [4.78, 5) is 10.6. The predicted molar refractivity (Wildman–Crippen MR) is 76.5 cm³/mol. The molecule has 0 bridgehead atoms. The lowest BCUT2D eigenvalue weighted by atomic mass is 10.1. The number of carbonyl (C=O) groups is 1. The summed E-state index contributed by atoms with van der Waals surface area (Å²) < 4.78 is 64.1. The van der Waals surface area contributed by atoms with Crippen LogP contribution in [-0.4, -0.2) is 40.2 Å². The Morgan fingerprint density at radius 2 is 2.09 bits per heavy atom. The fourth-order valence-electron chi connectivity index (χ4n) is 2.38. The van der Waals surface area contributed by atoms with Gasteiger partial charge < -0.3 is 9.47 Å². The molecule has 6 nitrogen and oxygen atoms in total. The average Bonchev–Trinajstić information content (AvgIpc) is 3.00. The molecule has 0 unspecified atom stereocenters. The van der Waals surface area contributed by atoms with E-state index in [4.69, 9.17) is 4.74 Å². The molecule has 0 aliphatic carbocycles. The number of esters is 1. The highest BCUT2D eigenvalue weighted by Crippen LogP contribution is 2.22. The van der Waals surface area contributed by atoms with Gasteiger partial charge in [0, 0.05) is 18.7 Å². The molecule has 23 heavy (non-hydrogen) atoms. The van der Waals surface area contributed by atoms with Gasteiger partial charge in [-0.25, -0.2) is 26.7 Å². The molecule has 0 aromatic heterocycles. The number of sulfonamides is 1. The molecule has 1 aromatic carbocycles. The Kier molecular flexibility index (Phi) is 5.33. The Bertz CT molecular complexity index is 701. The molecule has 1 fully saturated rings. The zero-order chi connectivity index (χ0) is 17.2. The van der Waals surface area contributed by atoms with Gasteiger partial charge in [-0.15, -0.1) is 0 Å². The van der Waals surface area contributed by atoms with E-state index in [0.717, 1.165) is 13.5 Å². The molecule has 1 saturated heterocycles. The number of rotatable bonds is 5.